The van der Waals surface area contributed by atoms with Gasteiger partial charge < -0.3 is 0 Å². The van der Waals surface area contributed by atoms with Crippen molar-refractivity contribution < 1.29 is 9.94 Å². The van der Waals surface area contributed by atoms with Crippen LogP contribution in [-0.2, 0) is 3.07 Å². The normalized spacial score (nSPS) is 11.6. The van der Waals surface area contributed by atoms with Crippen molar-refractivity contribution in [1.29, 1.82) is 0 Å². The van der Waals surface area contributed by atoms with E-state index in [4.69, 9.17) is 6.87 Å². The van der Waals surface area contributed by atoms with Crippen molar-refractivity contribution in [2.24, 2.45) is 0 Å². The molecule has 0 amide bonds. The summed E-state index contributed by atoms with van der Waals surface area (Å²) in [5.74, 6) is 0. The Morgan fingerprint density at radius 1 is 1.50 bits per heavy atom. The summed E-state index contributed by atoms with van der Waals surface area (Å²) >= 11 is -2.84. The second kappa shape index (κ2) is 5.74. The van der Waals surface area contributed by atoms with Gasteiger partial charge in [0.1, 0.15) is 0 Å². The second-order valence-electron chi connectivity index (χ2n) is 1.38. The molecule has 0 bridgehead atoms. The van der Waals surface area contributed by atoms with Crippen LogP contribution in [0.2, 0.25) is 0 Å². The van der Waals surface area contributed by atoms with Crippen LogP contribution in [0.25, 0.3) is 0 Å². The van der Waals surface area contributed by atoms with Crippen LogP contribution in [0.1, 0.15) is 19.8 Å². The number of rotatable bonds is 4. The van der Waals surface area contributed by atoms with Gasteiger partial charge in [0, 0.05) is 0 Å². The van der Waals surface area contributed by atoms with Gasteiger partial charge in [0.05, 0.1) is 0 Å². The van der Waals surface area contributed by atoms with Crippen LogP contribution in [0.15, 0.2) is 0 Å². The average Bonchev–Trinajstić information content (AvgIpc) is 1.66. The molecular formula is C4H11IO3. The predicted octanol–water partition coefficient (Wildman–Crippen LogP) is 1.04. The first-order valence-corrected chi connectivity index (χ1v) is 5.30. The van der Waals surface area contributed by atoms with E-state index in [1.807, 2.05) is 6.92 Å². The Hall–Kier alpha value is 0.610. The number of unbranched alkanes of at least 4 members (excludes halogenated alkanes) is 1. The molecule has 0 aromatic carbocycles. The van der Waals surface area contributed by atoms with E-state index in [9.17, 15) is 0 Å². The van der Waals surface area contributed by atoms with Crippen molar-refractivity contribution in [1.82, 2.24) is 0 Å². The quantitative estimate of drug-likeness (QED) is 0.564. The van der Waals surface area contributed by atoms with Crippen LogP contribution in [0.5, 0.6) is 0 Å². The van der Waals surface area contributed by atoms with Gasteiger partial charge in [-0.1, -0.05) is 0 Å². The van der Waals surface area contributed by atoms with Gasteiger partial charge in [0.15, 0.2) is 0 Å². The third-order valence-corrected chi connectivity index (χ3v) is 1.67. The Morgan fingerprint density at radius 3 is 2.50 bits per heavy atom. The summed E-state index contributed by atoms with van der Waals surface area (Å²) in [4.78, 5) is 0. The molecule has 0 heterocycles. The van der Waals surface area contributed by atoms with Crippen molar-refractivity contribution in [3.63, 3.8) is 0 Å². The van der Waals surface area contributed by atoms with Crippen LogP contribution in [0.3, 0.4) is 0 Å². The summed E-state index contributed by atoms with van der Waals surface area (Å²) in [7, 11) is 0. The molecule has 0 atom stereocenters. The number of hydrogen-bond donors (Lipinski definition) is 2. The predicted molar refractivity (Wildman–Crippen MR) is 39.3 cm³/mol. The van der Waals surface area contributed by atoms with Crippen LogP contribution >= 0.6 is 21.1 Å². The van der Waals surface area contributed by atoms with E-state index in [0.29, 0.717) is 6.61 Å². The van der Waals surface area contributed by atoms with Gasteiger partial charge in [-0.3, -0.25) is 0 Å². The molecule has 0 aliphatic carbocycles. The molecule has 0 aliphatic rings. The molecule has 0 aliphatic heterocycles. The van der Waals surface area contributed by atoms with E-state index >= 15 is 0 Å². The second-order valence-corrected chi connectivity index (χ2v) is 3.22. The molecule has 2 N–H and O–H groups in total. The standard InChI is InChI=1S/C4H11IO3/c1-2-3-4-8-5(6)7/h6-7H,2-4H2,1H3. The van der Waals surface area contributed by atoms with Crippen LogP contribution in [0, 0.1) is 0 Å². The van der Waals surface area contributed by atoms with Gasteiger partial charge in [-0.15, -0.1) is 0 Å². The molecule has 52 valence electrons. The molecule has 0 saturated carbocycles. The SMILES string of the molecule is CCCCOI(O)O. The number of halogens is 1. The summed E-state index contributed by atoms with van der Waals surface area (Å²) in [6, 6.07) is 0. The van der Waals surface area contributed by atoms with E-state index in [2.05, 4.69) is 3.07 Å². The average molecular weight is 234 g/mol. The van der Waals surface area contributed by atoms with Gasteiger partial charge in [-0.25, -0.2) is 0 Å². The fourth-order valence-corrected chi connectivity index (χ4v) is 0.973. The third-order valence-electron chi connectivity index (χ3n) is 0.673. The van der Waals surface area contributed by atoms with Crippen LogP contribution < -0.4 is 0 Å². The van der Waals surface area contributed by atoms with E-state index in [0.717, 1.165) is 12.8 Å². The fourth-order valence-electron chi connectivity index (χ4n) is 0.268. The fraction of sp³-hybridized carbons (Fsp3) is 1.00. The Labute approximate surface area is 57.7 Å². The van der Waals surface area contributed by atoms with E-state index in [1.54, 1.807) is 0 Å². The Kier molecular flexibility index (Phi) is 6.18. The maximum absolute atomic E-state index is 8.27. The van der Waals surface area contributed by atoms with Crippen molar-refractivity contribution in [3.8, 4) is 0 Å². The minimum atomic E-state index is -2.84. The molecule has 0 rings (SSSR count). The topological polar surface area (TPSA) is 49.7 Å². The van der Waals surface area contributed by atoms with Crippen molar-refractivity contribution in [2.45, 2.75) is 19.8 Å². The molecule has 0 saturated heterocycles. The van der Waals surface area contributed by atoms with Gasteiger partial charge in [-0.2, -0.15) is 0 Å². The van der Waals surface area contributed by atoms with E-state index in [-0.39, 0.29) is 0 Å². The molecule has 0 spiro atoms. The molecule has 3 nitrogen and oxygen atoms in total. The molecule has 0 aromatic heterocycles. The van der Waals surface area contributed by atoms with Crippen molar-refractivity contribution >= 4 is 21.1 Å². The maximum atomic E-state index is 8.27. The molecule has 4 heteroatoms. The monoisotopic (exact) mass is 234 g/mol. The summed E-state index contributed by atoms with van der Waals surface area (Å²) in [5, 5.41) is 0. The molecule has 0 aromatic rings. The zero-order valence-electron chi connectivity index (χ0n) is 4.80. The summed E-state index contributed by atoms with van der Waals surface area (Å²) in [6.45, 7) is 2.52. The molecular weight excluding hydrogens is 223 g/mol. The Balaban J connectivity index is 2.72. The van der Waals surface area contributed by atoms with Gasteiger partial charge in [0.2, 0.25) is 0 Å². The molecule has 8 heavy (non-hydrogen) atoms. The van der Waals surface area contributed by atoms with Crippen molar-refractivity contribution in [2.75, 3.05) is 6.61 Å². The summed E-state index contributed by atoms with van der Waals surface area (Å²) in [6.07, 6.45) is 1.94. The first kappa shape index (κ1) is 8.61. The summed E-state index contributed by atoms with van der Waals surface area (Å²) < 4.78 is 21.1. The Bertz CT molecular complexity index is 48.5. The first-order valence-electron chi connectivity index (χ1n) is 2.49. The van der Waals surface area contributed by atoms with Gasteiger partial charge >= 0.3 is 57.4 Å². The number of hydrogen-bond acceptors (Lipinski definition) is 3. The van der Waals surface area contributed by atoms with Gasteiger partial charge in [0.25, 0.3) is 0 Å². The van der Waals surface area contributed by atoms with Crippen LogP contribution in [0.4, 0.5) is 0 Å². The van der Waals surface area contributed by atoms with E-state index < -0.39 is 21.1 Å². The molecule has 0 fully saturated rings. The molecule has 0 radical (unpaired) electrons. The first-order chi connectivity index (χ1) is 3.77. The molecule has 0 unspecified atom stereocenters. The third kappa shape index (κ3) is 6.61. The van der Waals surface area contributed by atoms with Crippen LogP contribution in [-0.4, -0.2) is 13.5 Å². The van der Waals surface area contributed by atoms with E-state index in [1.165, 1.54) is 0 Å². The van der Waals surface area contributed by atoms with Crippen molar-refractivity contribution in [3.05, 3.63) is 0 Å². The zero-order chi connectivity index (χ0) is 6.41. The van der Waals surface area contributed by atoms with Gasteiger partial charge in [-0.05, 0) is 0 Å². The Morgan fingerprint density at radius 2 is 2.12 bits per heavy atom. The summed E-state index contributed by atoms with van der Waals surface area (Å²) in [5.41, 5.74) is 0. The zero-order valence-corrected chi connectivity index (χ0v) is 6.96. The minimum absolute atomic E-state index is 0.494.